The molecule has 1 unspecified atom stereocenters. The van der Waals surface area contributed by atoms with E-state index in [1.54, 1.807) is 18.2 Å². The van der Waals surface area contributed by atoms with Gasteiger partial charge in [0.15, 0.2) is 0 Å². The molecule has 27 heavy (non-hydrogen) atoms. The SMILES string of the molecule is O=C(Nc1ccc2c(c1)C(=O)N1CCCCC1CCO2)c1ccc(F)cc1. The van der Waals surface area contributed by atoms with Crippen LogP contribution in [0.25, 0.3) is 0 Å². The molecule has 2 aliphatic rings. The Bertz CT molecular complexity index is 866. The maximum atomic E-state index is 13.1. The summed E-state index contributed by atoms with van der Waals surface area (Å²) in [7, 11) is 0. The zero-order valence-corrected chi connectivity index (χ0v) is 14.9. The van der Waals surface area contributed by atoms with Crippen LogP contribution in [0.5, 0.6) is 5.75 Å². The standard InChI is InChI=1S/C21H21FN2O3/c22-15-6-4-14(5-7-15)20(25)23-16-8-9-19-18(13-16)21(26)24-11-2-1-3-17(24)10-12-27-19/h4-9,13,17H,1-3,10-12H2,(H,23,25). The van der Waals surface area contributed by atoms with E-state index in [1.807, 2.05) is 4.90 Å². The summed E-state index contributed by atoms with van der Waals surface area (Å²) in [6, 6.07) is 10.6. The third-order valence-corrected chi connectivity index (χ3v) is 5.17. The first-order valence-electron chi connectivity index (χ1n) is 9.26. The number of halogens is 1. The Morgan fingerprint density at radius 2 is 1.93 bits per heavy atom. The molecule has 0 radical (unpaired) electrons. The maximum absolute atomic E-state index is 13.1. The van der Waals surface area contributed by atoms with E-state index in [2.05, 4.69) is 5.32 Å². The van der Waals surface area contributed by atoms with E-state index >= 15 is 0 Å². The summed E-state index contributed by atoms with van der Waals surface area (Å²) in [4.78, 5) is 27.4. The van der Waals surface area contributed by atoms with Gasteiger partial charge in [0.1, 0.15) is 11.6 Å². The predicted octanol–water partition coefficient (Wildman–Crippen LogP) is 3.86. The number of nitrogens with one attached hydrogen (secondary N) is 1. The first kappa shape index (κ1) is 17.5. The van der Waals surface area contributed by atoms with Gasteiger partial charge in [-0.25, -0.2) is 4.39 Å². The fourth-order valence-corrected chi connectivity index (χ4v) is 3.73. The van der Waals surface area contributed by atoms with Gasteiger partial charge in [-0.3, -0.25) is 9.59 Å². The summed E-state index contributed by atoms with van der Waals surface area (Å²) in [5.74, 6) is -0.257. The van der Waals surface area contributed by atoms with E-state index in [0.717, 1.165) is 32.2 Å². The van der Waals surface area contributed by atoms with Crippen molar-refractivity contribution in [2.75, 3.05) is 18.5 Å². The zero-order chi connectivity index (χ0) is 18.8. The second-order valence-corrected chi connectivity index (χ2v) is 6.96. The molecular weight excluding hydrogens is 347 g/mol. The molecule has 2 aromatic carbocycles. The number of carbonyl (C=O) groups excluding carboxylic acids is 2. The van der Waals surface area contributed by atoms with Crippen molar-refractivity contribution in [2.45, 2.75) is 31.7 Å². The fourth-order valence-electron chi connectivity index (χ4n) is 3.73. The second-order valence-electron chi connectivity index (χ2n) is 6.96. The van der Waals surface area contributed by atoms with Crippen molar-refractivity contribution in [3.05, 3.63) is 59.4 Å². The van der Waals surface area contributed by atoms with Crippen LogP contribution in [0.15, 0.2) is 42.5 Å². The number of amides is 2. The molecule has 1 saturated heterocycles. The van der Waals surface area contributed by atoms with Gasteiger partial charge < -0.3 is 15.0 Å². The maximum Gasteiger partial charge on any atom is 0.257 e. The van der Waals surface area contributed by atoms with Crippen molar-refractivity contribution in [3.8, 4) is 5.75 Å². The van der Waals surface area contributed by atoms with Crippen LogP contribution in [-0.2, 0) is 0 Å². The first-order chi connectivity index (χ1) is 13.1. The molecule has 6 heteroatoms. The van der Waals surface area contributed by atoms with Gasteiger partial charge in [0, 0.05) is 30.3 Å². The van der Waals surface area contributed by atoms with Crippen LogP contribution in [0, 0.1) is 5.82 Å². The minimum atomic E-state index is -0.397. The molecule has 2 aromatic rings. The van der Waals surface area contributed by atoms with Gasteiger partial charge in [-0.15, -0.1) is 0 Å². The highest BCUT2D eigenvalue weighted by molar-refractivity contribution is 6.05. The Hall–Kier alpha value is -2.89. The molecule has 5 nitrogen and oxygen atoms in total. The monoisotopic (exact) mass is 368 g/mol. The van der Waals surface area contributed by atoms with Crippen molar-refractivity contribution in [1.82, 2.24) is 4.90 Å². The summed E-state index contributed by atoms with van der Waals surface area (Å²) in [6.45, 7) is 1.33. The molecule has 2 aliphatic heterocycles. The van der Waals surface area contributed by atoms with Gasteiger partial charge in [0.2, 0.25) is 0 Å². The van der Waals surface area contributed by atoms with Crippen molar-refractivity contribution in [1.29, 1.82) is 0 Å². The molecule has 0 aliphatic carbocycles. The Balaban J connectivity index is 1.59. The Morgan fingerprint density at radius 1 is 1.11 bits per heavy atom. The molecule has 0 aromatic heterocycles. The second kappa shape index (κ2) is 7.39. The molecule has 1 atom stereocenters. The quantitative estimate of drug-likeness (QED) is 0.876. The molecular formula is C21H21FN2O3. The van der Waals surface area contributed by atoms with Gasteiger partial charge in [0.05, 0.1) is 12.2 Å². The van der Waals surface area contributed by atoms with Crippen LogP contribution < -0.4 is 10.1 Å². The van der Waals surface area contributed by atoms with Crippen molar-refractivity contribution >= 4 is 17.5 Å². The topological polar surface area (TPSA) is 58.6 Å². The molecule has 0 bridgehead atoms. The van der Waals surface area contributed by atoms with Crippen LogP contribution in [-0.4, -0.2) is 35.9 Å². The van der Waals surface area contributed by atoms with Crippen LogP contribution in [0.2, 0.25) is 0 Å². The van der Waals surface area contributed by atoms with E-state index < -0.39 is 5.82 Å². The average Bonchev–Trinajstić information content (AvgIpc) is 2.68. The number of ether oxygens (including phenoxy) is 1. The van der Waals surface area contributed by atoms with Gasteiger partial charge in [-0.1, -0.05) is 0 Å². The third kappa shape index (κ3) is 3.65. The Morgan fingerprint density at radius 3 is 2.74 bits per heavy atom. The number of piperidine rings is 1. The zero-order valence-electron chi connectivity index (χ0n) is 14.9. The van der Waals surface area contributed by atoms with E-state index in [1.165, 1.54) is 24.3 Å². The predicted molar refractivity (Wildman–Crippen MR) is 99.6 cm³/mol. The van der Waals surface area contributed by atoms with Crippen LogP contribution in [0.4, 0.5) is 10.1 Å². The molecule has 2 amide bonds. The van der Waals surface area contributed by atoms with Gasteiger partial charge in [-0.05, 0) is 61.7 Å². The minimum absolute atomic E-state index is 0.0488. The fraction of sp³-hybridized carbons (Fsp3) is 0.333. The summed E-state index contributed by atoms with van der Waals surface area (Å²) in [6.07, 6.45) is 3.99. The van der Waals surface area contributed by atoms with E-state index in [-0.39, 0.29) is 17.9 Å². The number of rotatable bonds is 2. The summed E-state index contributed by atoms with van der Waals surface area (Å²) in [5, 5.41) is 2.77. The highest BCUT2D eigenvalue weighted by atomic mass is 19.1. The first-order valence-corrected chi connectivity index (χ1v) is 9.26. The Kier molecular flexibility index (Phi) is 4.79. The number of hydrogen-bond donors (Lipinski definition) is 1. The summed E-state index contributed by atoms with van der Waals surface area (Å²) in [5.41, 5.74) is 1.33. The normalized spacial score (nSPS) is 19.2. The summed E-state index contributed by atoms with van der Waals surface area (Å²) >= 11 is 0. The highest BCUT2D eigenvalue weighted by Crippen LogP contribution is 2.31. The molecule has 0 spiro atoms. The van der Waals surface area contributed by atoms with Crippen LogP contribution >= 0.6 is 0 Å². The van der Waals surface area contributed by atoms with Crippen molar-refractivity contribution in [3.63, 3.8) is 0 Å². The lowest BCUT2D eigenvalue weighted by Gasteiger charge is -2.37. The third-order valence-electron chi connectivity index (χ3n) is 5.17. The van der Waals surface area contributed by atoms with Gasteiger partial charge in [-0.2, -0.15) is 0 Å². The van der Waals surface area contributed by atoms with Crippen molar-refractivity contribution in [2.24, 2.45) is 0 Å². The van der Waals surface area contributed by atoms with Gasteiger partial charge in [0.25, 0.3) is 11.8 Å². The van der Waals surface area contributed by atoms with Crippen molar-refractivity contribution < 1.29 is 18.7 Å². The van der Waals surface area contributed by atoms with Crippen LogP contribution in [0.1, 0.15) is 46.4 Å². The lowest BCUT2D eigenvalue weighted by molar-refractivity contribution is 0.0548. The number of nitrogens with zero attached hydrogens (tertiary/aromatic N) is 1. The van der Waals surface area contributed by atoms with E-state index in [4.69, 9.17) is 4.74 Å². The molecule has 1 fully saturated rings. The van der Waals surface area contributed by atoms with E-state index in [0.29, 0.717) is 29.2 Å². The highest BCUT2D eigenvalue weighted by Gasteiger charge is 2.31. The number of carbonyl (C=O) groups is 2. The number of fused-ring (bicyclic) bond motifs is 2. The number of anilines is 1. The number of hydrogen-bond acceptors (Lipinski definition) is 3. The number of benzene rings is 2. The van der Waals surface area contributed by atoms with Crippen LogP contribution in [0.3, 0.4) is 0 Å². The van der Waals surface area contributed by atoms with E-state index in [9.17, 15) is 14.0 Å². The molecule has 4 rings (SSSR count). The largest absolute Gasteiger partial charge is 0.493 e. The molecule has 1 N–H and O–H groups in total. The minimum Gasteiger partial charge on any atom is -0.493 e. The average molecular weight is 368 g/mol. The lowest BCUT2D eigenvalue weighted by Crippen LogP contribution is -2.45. The Labute approximate surface area is 157 Å². The molecule has 2 heterocycles. The molecule has 0 saturated carbocycles. The molecule has 140 valence electrons. The van der Waals surface area contributed by atoms with Gasteiger partial charge >= 0.3 is 0 Å². The smallest absolute Gasteiger partial charge is 0.257 e. The summed E-state index contributed by atoms with van der Waals surface area (Å²) < 4.78 is 18.8. The lowest BCUT2D eigenvalue weighted by atomic mass is 9.97.